The van der Waals surface area contributed by atoms with Crippen LogP contribution < -0.4 is 14.5 Å². The third-order valence-electron chi connectivity index (χ3n) is 3.05. The largest absolute Gasteiger partial charge is 0.378 e. The van der Waals surface area contributed by atoms with E-state index < -0.39 is 10.0 Å². The van der Waals surface area contributed by atoms with Crippen molar-refractivity contribution < 1.29 is 13.2 Å². The SMILES string of the molecule is CC(C)CNC(=O)CN(c1ccc(N(C)C)cc1)S(C)(=O)=O. The molecule has 124 valence electrons. The van der Waals surface area contributed by atoms with Crippen molar-refractivity contribution in [2.75, 3.05) is 42.6 Å². The zero-order chi connectivity index (χ0) is 16.9. The van der Waals surface area contributed by atoms with Gasteiger partial charge in [0.05, 0.1) is 11.9 Å². The second kappa shape index (κ2) is 7.49. The van der Waals surface area contributed by atoms with Crippen LogP contribution in [-0.2, 0) is 14.8 Å². The molecule has 22 heavy (non-hydrogen) atoms. The number of benzene rings is 1. The Morgan fingerprint density at radius 2 is 1.64 bits per heavy atom. The molecule has 0 radical (unpaired) electrons. The van der Waals surface area contributed by atoms with Crippen LogP contribution in [0.2, 0.25) is 0 Å². The predicted octanol–water partition coefficient (Wildman–Crippen LogP) is 1.29. The van der Waals surface area contributed by atoms with E-state index in [2.05, 4.69) is 5.32 Å². The molecule has 1 aromatic carbocycles. The maximum atomic E-state index is 12.0. The molecule has 0 spiro atoms. The van der Waals surface area contributed by atoms with Crippen LogP contribution in [0.15, 0.2) is 24.3 Å². The standard InChI is InChI=1S/C15H25N3O3S/c1-12(2)10-16-15(19)11-18(22(5,20)21)14-8-6-13(7-9-14)17(3)4/h6-9,12H,10-11H2,1-5H3,(H,16,19). The number of rotatable bonds is 7. The zero-order valence-corrected chi connectivity index (χ0v) is 14.6. The first-order valence-electron chi connectivity index (χ1n) is 7.13. The number of anilines is 2. The zero-order valence-electron chi connectivity index (χ0n) is 13.8. The Morgan fingerprint density at radius 1 is 1.14 bits per heavy atom. The summed E-state index contributed by atoms with van der Waals surface area (Å²) in [5.41, 5.74) is 1.44. The Hall–Kier alpha value is -1.76. The quantitative estimate of drug-likeness (QED) is 0.819. The molecule has 0 saturated carbocycles. The van der Waals surface area contributed by atoms with Gasteiger partial charge in [-0.3, -0.25) is 9.10 Å². The van der Waals surface area contributed by atoms with Gasteiger partial charge in [-0.1, -0.05) is 13.8 Å². The van der Waals surface area contributed by atoms with E-state index in [0.29, 0.717) is 18.2 Å². The van der Waals surface area contributed by atoms with Crippen LogP contribution in [0.5, 0.6) is 0 Å². The summed E-state index contributed by atoms with van der Waals surface area (Å²) >= 11 is 0. The second-order valence-electron chi connectivity index (χ2n) is 5.88. The van der Waals surface area contributed by atoms with Crippen molar-refractivity contribution in [2.24, 2.45) is 5.92 Å². The van der Waals surface area contributed by atoms with Crippen molar-refractivity contribution >= 4 is 27.3 Å². The number of hydrogen-bond acceptors (Lipinski definition) is 4. The number of carbonyl (C=O) groups is 1. The first-order chi connectivity index (χ1) is 10.1. The molecule has 0 aliphatic heterocycles. The van der Waals surface area contributed by atoms with Gasteiger partial charge in [-0.2, -0.15) is 0 Å². The van der Waals surface area contributed by atoms with Crippen LogP contribution in [0.25, 0.3) is 0 Å². The molecule has 6 nitrogen and oxygen atoms in total. The number of amides is 1. The van der Waals surface area contributed by atoms with Gasteiger partial charge in [0.1, 0.15) is 6.54 Å². The lowest BCUT2D eigenvalue weighted by molar-refractivity contribution is -0.119. The van der Waals surface area contributed by atoms with E-state index in [1.807, 2.05) is 45.0 Å². The maximum Gasteiger partial charge on any atom is 0.240 e. The summed E-state index contributed by atoms with van der Waals surface area (Å²) in [7, 11) is 0.285. The third kappa shape index (κ3) is 5.55. The van der Waals surface area contributed by atoms with Gasteiger partial charge in [0.15, 0.2) is 0 Å². The molecule has 0 unspecified atom stereocenters. The Labute approximate surface area is 133 Å². The molecule has 0 heterocycles. The predicted molar refractivity (Wildman–Crippen MR) is 90.8 cm³/mol. The Balaban J connectivity index is 2.92. The van der Waals surface area contributed by atoms with Gasteiger partial charge in [-0.15, -0.1) is 0 Å². The monoisotopic (exact) mass is 327 g/mol. The summed E-state index contributed by atoms with van der Waals surface area (Å²) in [4.78, 5) is 13.8. The normalized spacial score (nSPS) is 11.4. The van der Waals surface area contributed by atoms with Gasteiger partial charge < -0.3 is 10.2 Å². The lowest BCUT2D eigenvalue weighted by Crippen LogP contribution is -2.41. The molecule has 1 rings (SSSR count). The Morgan fingerprint density at radius 3 is 2.05 bits per heavy atom. The van der Waals surface area contributed by atoms with E-state index in [4.69, 9.17) is 0 Å². The fourth-order valence-electron chi connectivity index (χ4n) is 1.82. The van der Waals surface area contributed by atoms with Crippen LogP contribution in [0.3, 0.4) is 0 Å². The van der Waals surface area contributed by atoms with E-state index in [0.717, 1.165) is 16.2 Å². The van der Waals surface area contributed by atoms with Gasteiger partial charge in [0.2, 0.25) is 15.9 Å². The van der Waals surface area contributed by atoms with Crippen LogP contribution >= 0.6 is 0 Å². The molecule has 0 bridgehead atoms. The minimum Gasteiger partial charge on any atom is -0.378 e. The molecule has 0 fully saturated rings. The lowest BCUT2D eigenvalue weighted by atomic mass is 10.2. The lowest BCUT2D eigenvalue weighted by Gasteiger charge is -2.23. The molecule has 1 amide bonds. The van der Waals surface area contributed by atoms with Crippen molar-refractivity contribution in [1.29, 1.82) is 0 Å². The van der Waals surface area contributed by atoms with Crippen molar-refractivity contribution in [3.63, 3.8) is 0 Å². The molecular weight excluding hydrogens is 302 g/mol. The van der Waals surface area contributed by atoms with E-state index in [9.17, 15) is 13.2 Å². The summed E-state index contributed by atoms with van der Waals surface area (Å²) < 4.78 is 25.0. The fourth-order valence-corrected chi connectivity index (χ4v) is 2.68. The number of nitrogens with zero attached hydrogens (tertiary/aromatic N) is 2. The summed E-state index contributed by atoms with van der Waals surface area (Å²) in [6.45, 7) is 4.27. The van der Waals surface area contributed by atoms with Gasteiger partial charge in [-0.25, -0.2) is 8.42 Å². The minimum atomic E-state index is -3.53. The van der Waals surface area contributed by atoms with Gasteiger partial charge in [-0.05, 0) is 30.2 Å². The van der Waals surface area contributed by atoms with Crippen LogP contribution in [-0.4, -0.2) is 47.8 Å². The van der Waals surface area contributed by atoms with Crippen LogP contribution in [0.4, 0.5) is 11.4 Å². The van der Waals surface area contributed by atoms with Crippen LogP contribution in [0, 0.1) is 5.92 Å². The van der Waals surface area contributed by atoms with Crippen molar-refractivity contribution in [3.05, 3.63) is 24.3 Å². The first-order valence-corrected chi connectivity index (χ1v) is 8.98. The Bertz CT molecular complexity index is 595. The van der Waals surface area contributed by atoms with E-state index in [1.165, 1.54) is 0 Å². The molecule has 0 aliphatic carbocycles. The average molecular weight is 327 g/mol. The van der Waals surface area contributed by atoms with Gasteiger partial charge in [0, 0.05) is 26.3 Å². The number of carbonyl (C=O) groups excluding carboxylic acids is 1. The minimum absolute atomic E-state index is 0.215. The molecule has 7 heteroatoms. The topological polar surface area (TPSA) is 69.7 Å². The summed E-state index contributed by atoms with van der Waals surface area (Å²) in [5, 5.41) is 2.73. The highest BCUT2D eigenvalue weighted by Crippen LogP contribution is 2.21. The fraction of sp³-hybridized carbons (Fsp3) is 0.533. The van der Waals surface area contributed by atoms with E-state index in [1.54, 1.807) is 12.1 Å². The second-order valence-corrected chi connectivity index (χ2v) is 7.79. The van der Waals surface area contributed by atoms with Crippen molar-refractivity contribution in [1.82, 2.24) is 5.32 Å². The molecule has 0 aromatic heterocycles. The number of hydrogen-bond donors (Lipinski definition) is 1. The summed E-state index contributed by atoms with van der Waals surface area (Å²) in [5.74, 6) is 0.00539. The molecule has 0 saturated heterocycles. The molecule has 1 N–H and O–H groups in total. The summed E-state index contributed by atoms with van der Waals surface area (Å²) in [6.07, 6.45) is 1.10. The van der Waals surface area contributed by atoms with Crippen molar-refractivity contribution in [2.45, 2.75) is 13.8 Å². The molecule has 0 atom stereocenters. The van der Waals surface area contributed by atoms with Gasteiger partial charge in [0.25, 0.3) is 0 Å². The van der Waals surface area contributed by atoms with E-state index in [-0.39, 0.29) is 12.5 Å². The average Bonchev–Trinajstić information content (AvgIpc) is 2.41. The molecule has 0 aliphatic rings. The smallest absolute Gasteiger partial charge is 0.240 e. The highest BCUT2D eigenvalue weighted by atomic mass is 32.2. The van der Waals surface area contributed by atoms with Crippen molar-refractivity contribution in [3.8, 4) is 0 Å². The first kappa shape index (κ1) is 18.3. The summed E-state index contributed by atoms with van der Waals surface area (Å²) in [6, 6.07) is 7.04. The van der Waals surface area contributed by atoms with Gasteiger partial charge >= 0.3 is 0 Å². The third-order valence-corrected chi connectivity index (χ3v) is 4.19. The highest BCUT2D eigenvalue weighted by molar-refractivity contribution is 7.92. The maximum absolute atomic E-state index is 12.0. The molecular formula is C15H25N3O3S. The highest BCUT2D eigenvalue weighted by Gasteiger charge is 2.20. The van der Waals surface area contributed by atoms with E-state index >= 15 is 0 Å². The van der Waals surface area contributed by atoms with Crippen LogP contribution in [0.1, 0.15) is 13.8 Å². The molecule has 1 aromatic rings. The number of sulfonamides is 1. The Kier molecular flexibility index (Phi) is 6.22. The number of nitrogens with one attached hydrogen (secondary N) is 1.